The first-order valence-electron chi connectivity index (χ1n) is 4.82. The summed E-state index contributed by atoms with van der Waals surface area (Å²) in [7, 11) is 1.63. The third-order valence-electron chi connectivity index (χ3n) is 1.81. The van der Waals surface area contributed by atoms with Crippen LogP contribution >= 0.6 is 11.6 Å². The summed E-state index contributed by atoms with van der Waals surface area (Å²) in [4.78, 5) is 7.71. The number of halogens is 1. The van der Waals surface area contributed by atoms with E-state index in [0.29, 0.717) is 37.9 Å². The number of methoxy groups -OCH3 is 1. The zero-order chi connectivity index (χ0) is 11.8. The van der Waals surface area contributed by atoms with Crippen LogP contribution in [-0.4, -0.2) is 43.4 Å². The molecule has 0 aliphatic rings. The molecule has 0 aliphatic heterocycles. The molecular formula is C9H15ClN4O2. The van der Waals surface area contributed by atoms with Gasteiger partial charge in [0.1, 0.15) is 12.0 Å². The number of hydrogen-bond acceptors (Lipinski definition) is 6. The fourth-order valence-corrected chi connectivity index (χ4v) is 1.13. The van der Waals surface area contributed by atoms with Crippen LogP contribution < -0.4 is 11.1 Å². The minimum atomic E-state index is 0.248. The fraction of sp³-hybridized carbons (Fsp3) is 0.556. The van der Waals surface area contributed by atoms with Crippen LogP contribution in [0.15, 0.2) is 6.33 Å². The number of aromatic nitrogens is 2. The van der Waals surface area contributed by atoms with Crippen LogP contribution in [0.5, 0.6) is 0 Å². The maximum absolute atomic E-state index is 5.73. The minimum absolute atomic E-state index is 0.248. The smallest absolute Gasteiger partial charge is 0.157 e. The molecule has 0 saturated carbocycles. The highest BCUT2D eigenvalue weighted by atomic mass is 35.5. The Bertz CT molecular complexity index is 324. The van der Waals surface area contributed by atoms with Crippen molar-refractivity contribution in [1.29, 1.82) is 0 Å². The summed E-state index contributed by atoms with van der Waals surface area (Å²) in [6.45, 7) is 2.30. The van der Waals surface area contributed by atoms with Gasteiger partial charge in [0.15, 0.2) is 11.0 Å². The monoisotopic (exact) mass is 246 g/mol. The van der Waals surface area contributed by atoms with Crippen LogP contribution in [0.1, 0.15) is 0 Å². The topological polar surface area (TPSA) is 82.3 Å². The first kappa shape index (κ1) is 13.0. The van der Waals surface area contributed by atoms with Gasteiger partial charge in [-0.2, -0.15) is 0 Å². The van der Waals surface area contributed by atoms with Gasteiger partial charge in [-0.1, -0.05) is 11.6 Å². The number of hydrogen-bond donors (Lipinski definition) is 2. The molecule has 0 amide bonds. The Balaban J connectivity index is 2.24. The Hall–Kier alpha value is -1.11. The highest BCUT2D eigenvalue weighted by Gasteiger charge is 2.04. The summed E-state index contributed by atoms with van der Waals surface area (Å²) in [5.74, 6) is 0.523. The van der Waals surface area contributed by atoms with Gasteiger partial charge in [-0.25, -0.2) is 9.97 Å². The van der Waals surface area contributed by atoms with Crippen LogP contribution in [0.4, 0.5) is 11.5 Å². The van der Waals surface area contributed by atoms with Gasteiger partial charge in [0.2, 0.25) is 0 Å². The molecule has 16 heavy (non-hydrogen) atoms. The number of nitrogens with one attached hydrogen (secondary N) is 1. The number of nitrogen functional groups attached to an aromatic ring is 1. The second-order valence-electron chi connectivity index (χ2n) is 2.96. The van der Waals surface area contributed by atoms with E-state index in [9.17, 15) is 0 Å². The van der Waals surface area contributed by atoms with Crippen molar-refractivity contribution in [3.05, 3.63) is 11.5 Å². The SMILES string of the molecule is COCCOCCNc1ncnc(Cl)c1N. The van der Waals surface area contributed by atoms with Gasteiger partial charge in [0, 0.05) is 13.7 Å². The molecule has 1 heterocycles. The van der Waals surface area contributed by atoms with Crippen LogP contribution in [0.2, 0.25) is 5.15 Å². The molecule has 0 spiro atoms. The van der Waals surface area contributed by atoms with Crippen LogP contribution in [-0.2, 0) is 9.47 Å². The van der Waals surface area contributed by atoms with Gasteiger partial charge >= 0.3 is 0 Å². The summed E-state index contributed by atoms with van der Waals surface area (Å²) < 4.78 is 10.1. The highest BCUT2D eigenvalue weighted by Crippen LogP contribution is 2.21. The van der Waals surface area contributed by atoms with Crippen LogP contribution in [0.25, 0.3) is 0 Å². The molecule has 7 heteroatoms. The molecule has 0 bridgehead atoms. The molecule has 3 N–H and O–H groups in total. The second-order valence-corrected chi connectivity index (χ2v) is 3.32. The lowest BCUT2D eigenvalue weighted by Gasteiger charge is -2.08. The van der Waals surface area contributed by atoms with Crippen molar-refractivity contribution >= 4 is 23.1 Å². The summed E-state index contributed by atoms with van der Waals surface area (Å²) in [5.41, 5.74) is 6.01. The lowest BCUT2D eigenvalue weighted by atomic mass is 10.5. The lowest BCUT2D eigenvalue weighted by molar-refractivity contribution is 0.0759. The highest BCUT2D eigenvalue weighted by molar-refractivity contribution is 6.32. The Morgan fingerprint density at radius 1 is 1.38 bits per heavy atom. The third kappa shape index (κ3) is 4.18. The molecule has 6 nitrogen and oxygen atoms in total. The quantitative estimate of drug-likeness (QED) is 0.547. The molecule has 1 aromatic rings. The Morgan fingerprint density at radius 2 is 2.19 bits per heavy atom. The van der Waals surface area contributed by atoms with E-state index in [0.717, 1.165) is 0 Å². The van der Waals surface area contributed by atoms with Gasteiger partial charge < -0.3 is 20.5 Å². The molecule has 1 rings (SSSR count). The van der Waals surface area contributed by atoms with Crippen molar-refractivity contribution in [1.82, 2.24) is 9.97 Å². The maximum atomic E-state index is 5.73. The Morgan fingerprint density at radius 3 is 2.94 bits per heavy atom. The van der Waals surface area contributed by atoms with E-state index in [1.54, 1.807) is 7.11 Å². The van der Waals surface area contributed by atoms with Gasteiger partial charge in [-0.15, -0.1) is 0 Å². The number of anilines is 2. The minimum Gasteiger partial charge on any atom is -0.393 e. The Kier molecular flexibility index (Phi) is 5.84. The summed E-state index contributed by atoms with van der Waals surface area (Å²) >= 11 is 5.73. The number of nitrogens with zero attached hydrogens (tertiary/aromatic N) is 2. The van der Waals surface area contributed by atoms with E-state index in [1.807, 2.05) is 0 Å². The van der Waals surface area contributed by atoms with Crippen molar-refractivity contribution in [2.75, 3.05) is 44.5 Å². The van der Waals surface area contributed by atoms with E-state index in [4.69, 9.17) is 26.8 Å². The first-order valence-corrected chi connectivity index (χ1v) is 5.20. The van der Waals surface area contributed by atoms with Crippen LogP contribution in [0, 0.1) is 0 Å². The van der Waals surface area contributed by atoms with Gasteiger partial charge in [-0.3, -0.25) is 0 Å². The van der Waals surface area contributed by atoms with E-state index in [-0.39, 0.29) is 5.15 Å². The molecule has 0 unspecified atom stereocenters. The lowest BCUT2D eigenvalue weighted by Crippen LogP contribution is -2.14. The van der Waals surface area contributed by atoms with Crippen molar-refractivity contribution in [2.24, 2.45) is 0 Å². The van der Waals surface area contributed by atoms with E-state index in [2.05, 4.69) is 15.3 Å². The van der Waals surface area contributed by atoms with Crippen molar-refractivity contribution < 1.29 is 9.47 Å². The molecule has 0 fully saturated rings. The third-order valence-corrected chi connectivity index (χ3v) is 2.11. The molecule has 0 radical (unpaired) electrons. The van der Waals surface area contributed by atoms with Gasteiger partial charge in [0.05, 0.1) is 19.8 Å². The molecular weight excluding hydrogens is 232 g/mol. The van der Waals surface area contributed by atoms with Gasteiger partial charge in [0.25, 0.3) is 0 Å². The zero-order valence-electron chi connectivity index (χ0n) is 9.07. The summed E-state index contributed by atoms with van der Waals surface area (Å²) in [6, 6.07) is 0. The number of ether oxygens (including phenoxy) is 2. The van der Waals surface area contributed by atoms with Crippen molar-refractivity contribution in [3.63, 3.8) is 0 Å². The first-order chi connectivity index (χ1) is 7.75. The number of nitrogens with two attached hydrogens (primary N) is 1. The van der Waals surface area contributed by atoms with E-state index < -0.39 is 0 Å². The summed E-state index contributed by atoms with van der Waals surface area (Å²) in [5, 5.41) is 3.25. The molecule has 90 valence electrons. The predicted molar refractivity (Wildman–Crippen MR) is 62.6 cm³/mol. The van der Waals surface area contributed by atoms with Crippen molar-refractivity contribution in [2.45, 2.75) is 0 Å². The molecule has 0 atom stereocenters. The van der Waals surface area contributed by atoms with E-state index in [1.165, 1.54) is 6.33 Å². The second kappa shape index (κ2) is 7.21. The predicted octanol–water partition coefficient (Wildman–Crippen LogP) is 0.787. The van der Waals surface area contributed by atoms with Crippen molar-refractivity contribution in [3.8, 4) is 0 Å². The maximum Gasteiger partial charge on any atom is 0.157 e. The molecule has 0 aliphatic carbocycles. The normalized spacial score (nSPS) is 10.4. The number of rotatable bonds is 7. The molecule has 0 aromatic carbocycles. The van der Waals surface area contributed by atoms with Crippen LogP contribution in [0.3, 0.4) is 0 Å². The van der Waals surface area contributed by atoms with E-state index >= 15 is 0 Å². The Labute approximate surface area is 99.1 Å². The average Bonchev–Trinajstić information content (AvgIpc) is 2.29. The fourth-order valence-electron chi connectivity index (χ4n) is 1.00. The molecule has 0 saturated heterocycles. The zero-order valence-corrected chi connectivity index (χ0v) is 9.83. The largest absolute Gasteiger partial charge is 0.393 e. The summed E-state index contributed by atoms with van der Waals surface area (Å²) in [6.07, 6.45) is 1.35. The molecule has 1 aromatic heterocycles. The standard InChI is InChI=1S/C9H15ClN4O2/c1-15-4-5-16-3-2-12-9-7(11)8(10)13-6-14-9/h6H,2-5,11H2,1H3,(H,12,13,14). The average molecular weight is 247 g/mol. The van der Waals surface area contributed by atoms with Gasteiger partial charge in [-0.05, 0) is 0 Å².